The molecular formula is C12H12N2. The molecule has 1 aliphatic carbocycles. The molecule has 2 nitrogen and oxygen atoms in total. The molecule has 1 aliphatic heterocycles. The molecule has 0 saturated heterocycles. The molecule has 3 rings (SSSR count). The summed E-state index contributed by atoms with van der Waals surface area (Å²) in [6.45, 7) is 2.14. The molecule has 0 spiro atoms. The Kier molecular flexibility index (Phi) is 1.62. The van der Waals surface area contributed by atoms with E-state index in [1.54, 1.807) is 0 Å². The summed E-state index contributed by atoms with van der Waals surface area (Å²) in [7, 11) is 0. The second kappa shape index (κ2) is 2.83. The van der Waals surface area contributed by atoms with Crippen molar-refractivity contribution in [1.29, 1.82) is 5.26 Å². The van der Waals surface area contributed by atoms with Crippen LogP contribution in [-0.4, -0.2) is 10.9 Å². The van der Waals surface area contributed by atoms with Crippen LogP contribution in [-0.2, 0) is 13.1 Å². The monoisotopic (exact) mass is 184 g/mol. The summed E-state index contributed by atoms with van der Waals surface area (Å²) < 4.78 is 0. The highest BCUT2D eigenvalue weighted by Crippen LogP contribution is 2.34. The zero-order valence-electron chi connectivity index (χ0n) is 8.03. The molecule has 0 N–H and O–H groups in total. The van der Waals surface area contributed by atoms with Crippen LogP contribution in [0.2, 0.25) is 0 Å². The molecule has 2 aliphatic rings. The quantitative estimate of drug-likeness (QED) is 0.667. The SMILES string of the molecule is N#Cc1ccc2c(c1)CN(C1CC1)C2. The molecule has 0 radical (unpaired) electrons. The van der Waals surface area contributed by atoms with Crippen molar-refractivity contribution < 1.29 is 0 Å². The van der Waals surface area contributed by atoms with Gasteiger partial charge in [0.2, 0.25) is 0 Å². The van der Waals surface area contributed by atoms with Crippen LogP contribution in [0.5, 0.6) is 0 Å². The maximum absolute atomic E-state index is 8.79. The topological polar surface area (TPSA) is 27.0 Å². The van der Waals surface area contributed by atoms with E-state index in [2.05, 4.69) is 17.0 Å². The molecule has 0 atom stereocenters. The number of rotatable bonds is 1. The third kappa shape index (κ3) is 1.21. The van der Waals surface area contributed by atoms with Gasteiger partial charge in [0, 0.05) is 19.1 Å². The van der Waals surface area contributed by atoms with Gasteiger partial charge < -0.3 is 0 Å². The highest BCUT2D eigenvalue weighted by molar-refractivity contribution is 5.40. The van der Waals surface area contributed by atoms with E-state index in [4.69, 9.17) is 5.26 Å². The third-order valence-corrected chi connectivity index (χ3v) is 3.15. The minimum absolute atomic E-state index is 0.793. The number of benzene rings is 1. The lowest BCUT2D eigenvalue weighted by Crippen LogP contribution is -2.18. The van der Waals surface area contributed by atoms with Gasteiger partial charge in [0.1, 0.15) is 0 Å². The summed E-state index contributed by atoms with van der Waals surface area (Å²) in [6, 6.07) is 9.10. The van der Waals surface area contributed by atoms with Crippen molar-refractivity contribution in [2.45, 2.75) is 32.0 Å². The minimum atomic E-state index is 0.793. The first-order valence-electron chi connectivity index (χ1n) is 5.13. The number of hydrogen-bond donors (Lipinski definition) is 0. The van der Waals surface area contributed by atoms with Crippen LogP contribution in [0, 0.1) is 11.3 Å². The van der Waals surface area contributed by atoms with Gasteiger partial charge in [-0.25, -0.2) is 0 Å². The standard InChI is InChI=1S/C12H12N2/c13-6-9-1-2-10-7-14(12-3-4-12)8-11(10)5-9/h1-2,5,12H,3-4,7-8H2. The lowest BCUT2D eigenvalue weighted by Gasteiger charge is -2.11. The van der Waals surface area contributed by atoms with Crippen LogP contribution in [0.25, 0.3) is 0 Å². The van der Waals surface area contributed by atoms with Gasteiger partial charge >= 0.3 is 0 Å². The van der Waals surface area contributed by atoms with Crippen LogP contribution >= 0.6 is 0 Å². The maximum atomic E-state index is 8.79. The second-order valence-corrected chi connectivity index (χ2v) is 4.23. The molecule has 14 heavy (non-hydrogen) atoms. The Hall–Kier alpha value is -1.33. The zero-order chi connectivity index (χ0) is 9.54. The minimum Gasteiger partial charge on any atom is -0.292 e. The van der Waals surface area contributed by atoms with E-state index in [-0.39, 0.29) is 0 Å². The van der Waals surface area contributed by atoms with Crippen molar-refractivity contribution in [1.82, 2.24) is 4.90 Å². The molecule has 1 saturated carbocycles. The average molecular weight is 184 g/mol. The van der Waals surface area contributed by atoms with Crippen molar-refractivity contribution >= 4 is 0 Å². The fourth-order valence-corrected chi connectivity index (χ4v) is 2.19. The summed E-state index contributed by atoms with van der Waals surface area (Å²) >= 11 is 0. The predicted molar refractivity (Wildman–Crippen MR) is 53.4 cm³/mol. The van der Waals surface area contributed by atoms with Crippen molar-refractivity contribution in [3.8, 4) is 6.07 Å². The summed E-state index contributed by atoms with van der Waals surface area (Å²) in [5, 5.41) is 8.79. The third-order valence-electron chi connectivity index (χ3n) is 3.15. The molecule has 0 unspecified atom stereocenters. The molecule has 0 amide bonds. The molecule has 2 heteroatoms. The van der Waals surface area contributed by atoms with Gasteiger partial charge in [0.25, 0.3) is 0 Å². The summed E-state index contributed by atoms with van der Waals surface area (Å²) in [5.41, 5.74) is 3.56. The van der Waals surface area contributed by atoms with E-state index in [1.807, 2.05) is 12.1 Å². The van der Waals surface area contributed by atoms with Gasteiger partial charge in [-0.05, 0) is 36.1 Å². The van der Waals surface area contributed by atoms with Crippen molar-refractivity contribution in [2.75, 3.05) is 0 Å². The number of nitriles is 1. The normalized spacial score (nSPS) is 20.5. The van der Waals surface area contributed by atoms with Crippen LogP contribution in [0.15, 0.2) is 18.2 Å². The lowest BCUT2D eigenvalue weighted by molar-refractivity contribution is 0.273. The van der Waals surface area contributed by atoms with Gasteiger partial charge in [-0.1, -0.05) is 6.07 Å². The first-order chi connectivity index (χ1) is 6.86. The van der Waals surface area contributed by atoms with Crippen molar-refractivity contribution in [3.05, 3.63) is 34.9 Å². The molecule has 0 bridgehead atoms. The highest BCUT2D eigenvalue weighted by Gasteiger charge is 2.32. The van der Waals surface area contributed by atoms with Gasteiger partial charge in [0.05, 0.1) is 11.6 Å². The number of fused-ring (bicyclic) bond motifs is 1. The molecule has 1 heterocycles. The first-order valence-corrected chi connectivity index (χ1v) is 5.13. The van der Waals surface area contributed by atoms with E-state index in [1.165, 1.54) is 24.0 Å². The van der Waals surface area contributed by atoms with Gasteiger partial charge in [-0.3, -0.25) is 4.90 Å². The Morgan fingerprint density at radius 1 is 1.21 bits per heavy atom. The molecule has 1 aromatic carbocycles. The lowest BCUT2D eigenvalue weighted by atomic mass is 10.1. The fraction of sp³-hybridized carbons (Fsp3) is 0.417. The Balaban J connectivity index is 1.90. The Morgan fingerprint density at radius 3 is 2.71 bits per heavy atom. The van der Waals surface area contributed by atoms with Crippen LogP contribution in [0.1, 0.15) is 29.5 Å². The van der Waals surface area contributed by atoms with Crippen LogP contribution in [0.4, 0.5) is 0 Å². The van der Waals surface area contributed by atoms with E-state index >= 15 is 0 Å². The second-order valence-electron chi connectivity index (χ2n) is 4.23. The average Bonchev–Trinajstić information content (AvgIpc) is 2.97. The van der Waals surface area contributed by atoms with E-state index in [9.17, 15) is 0 Å². The summed E-state index contributed by atoms with van der Waals surface area (Å²) in [5.74, 6) is 0. The predicted octanol–water partition coefficient (Wildman–Crippen LogP) is 2.04. The largest absolute Gasteiger partial charge is 0.292 e. The zero-order valence-corrected chi connectivity index (χ0v) is 8.03. The smallest absolute Gasteiger partial charge is 0.0991 e. The fourth-order valence-electron chi connectivity index (χ4n) is 2.19. The van der Waals surface area contributed by atoms with Crippen LogP contribution in [0.3, 0.4) is 0 Å². The Labute approximate surface area is 83.8 Å². The number of nitrogens with zero attached hydrogens (tertiary/aromatic N) is 2. The molecule has 1 fully saturated rings. The van der Waals surface area contributed by atoms with Gasteiger partial charge in [-0.2, -0.15) is 5.26 Å². The number of hydrogen-bond acceptors (Lipinski definition) is 2. The molecule has 0 aromatic heterocycles. The first kappa shape index (κ1) is 8.02. The molecule has 1 aromatic rings. The maximum Gasteiger partial charge on any atom is 0.0991 e. The van der Waals surface area contributed by atoms with E-state index < -0.39 is 0 Å². The molecular weight excluding hydrogens is 172 g/mol. The van der Waals surface area contributed by atoms with Gasteiger partial charge in [0.15, 0.2) is 0 Å². The van der Waals surface area contributed by atoms with Crippen molar-refractivity contribution in [3.63, 3.8) is 0 Å². The van der Waals surface area contributed by atoms with Crippen molar-refractivity contribution in [2.24, 2.45) is 0 Å². The Morgan fingerprint density at radius 2 is 2.00 bits per heavy atom. The summed E-state index contributed by atoms with van der Waals surface area (Å²) in [6.07, 6.45) is 2.72. The van der Waals surface area contributed by atoms with Gasteiger partial charge in [-0.15, -0.1) is 0 Å². The van der Waals surface area contributed by atoms with E-state index in [0.717, 1.165) is 24.7 Å². The highest BCUT2D eigenvalue weighted by atomic mass is 15.2. The van der Waals surface area contributed by atoms with E-state index in [0.29, 0.717) is 0 Å². The Bertz CT molecular complexity index is 413. The summed E-state index contributed by atoms with van der Waals surface area (Å²) in [4.78, 5) is 2.52. The van der Waals surface area contributed by atoms with Crippen LogP contribution < -0.4 is 0 Å². The molecule has 70 valence electrons.